The number of ether oxygens (including phenoxy) is 1. The van der Waals surface area contributed by atoms with Gasteiger partial charge in [-0.05, 0) is 37.2 Å². The molecule has 0 unspecified atom stereocenters. The molecule has 0 saturated carbocycles. The van der Waals surface area contributed by atoms with E-state index in [0.29, 0.717) is 0 Å². The molecule has 0 aliphatic rings. The van der Waals surface area contributed by atoms with Crippen molar-refractivity contribution in [2.75, 3.05) is 25.6 Å². The minimum absolute atomic E-state index is 0.875. The maximum atomic E-state index is 5.32. The SMILES string of the molecule is CCNCc1cc(C)ccc1N(C)c1cccc(OC)c1. The van der Waals surface area contributed by atoms with Gasteiger partial charge in [-0.15, -0.1) is 0 Å². The second kappa shape index (κ2) is 7.14. The Morgan fingerprint density at radius 3 is 2.67 bits per heavy atom. The molecule has 0 saturated heterocycles. The fraction of sp³-hybridized carbons (Fsp3) is 0.333. The van der Waals surface area contributed by atoms with Crippen LogP contribution < -0.4 is 15.0 Å². The van der Waals surface area contributed by atoms with Crippen molar-refractivity contribution < 1.29 is 4.74 Å². The van der Waals surface area contributed by atoms with Gasteiger partial charge in [-0.2, -0.15) is 0 Å². The molecule has 112 valence electrons. The van der Waals surface area contributed by atoms with Gasteiger partial charge >= 0.3 is 0 Å². The summed E-state index contributed by atoms with van der Waals surface area (Å²) in [5.41, 5.74) is 4.93. The molecule has 0 heterocycles. The van der Waals surface area contributed by atoms with Gasteiger partial charge in [0.25, 0.3) is 0 Å². The highest BCUT2D eigenvalue weighted by atomic mass is 16.5. The standard InChI is InChI=1S/C18H24N2O/c1-5-19-13-15-11-14(2)9-10-18(15)20(3)16-7-6-8-17(12-16)21-4/h6-12,19H,5,13H2,1-4H3. The first kappa shape index (κ1) is 15.4. The third-order valence-corrected chi connectivity index (χ3v) is 3.60. The average molecular weight is 284 g/mol. The number of rotatable bonds is 6. The summed E-state index contributed by atoms with van der Waals surface area (Å²) in [5, 5.41) is 3.41. The zero-order valence-corrected chi connectivity index (χ0v) is 13.3. The van der Waals surface area contributed by atoms with Crippen LogP contribution in [0.2, 0.25) is 0 Å². The number of hydrogen-bond acceptors (Lipinski definition) is 3. The fourth-order valence-corrected chi connectivity index (χ4v) is 2.40. The minimum atomic E-state index is 0.875. The molecule has 21 heavy (non-hydrogen) atoms. The van der Waals surface area contributed by atoms with Crippen molar-refractivity contribution in [3.8, 4) is 5.75 Å². The van der Waals surface area contributed by atoms with Gasteiger partial charge in [0.1, 0.15) is 5.75 Å². The van der Waals surface area contributed by atoms with E-state index in [9.17, 15) is 0 Å². The molecule has 0 aromatic heterocycles. The molecule has 3 heteroatoms. The average Bonchev–Trinajstić information content (AvgIpc) is 2.52. The molecule has 1 N–H and O–H groups in total. The van der Waals surface area contributed by atoms with Gasteiger partial charge in [0.05, 0.1) is 7.11 Å². The number of aryl methyl sites for hydroxylation is 1. The first-order valence-electron chi connectivity index (χ1n) is 7.33. The molecule has 0 amide bonds. The van der Waals surface area contributed by atoms with Crippen molar-refractivity contribution >= 4 is 11.4 Å². The van der Waals surface area contributed by atoms with E-state index < -0.39 is 0 Å². The van der Waals surface area contributed by atoms with E-state index in [1.165, 1.54) is 16.8 Å². The quantitative estimate of drug-likeness (QED) is 0.871. The second-order valence-corrected chi connectivity index (χ2v) is 5.17. The Morgan fingerprint density at radius 1 is 1.14 bits per heavy atom. The molecule has 3 nitrogen and oxygen atoms in total. The molecular formula is C18H24N2O. The van der Waals surface area contributed by atoms with E-state index >= 15 is 0 Å². The van der Waals surface area contributed by atoms with Crippen molar-refractivity contribution in [2.45, 2.75) is 20.4 Å². The molecule has 0 aliphatic carbocycles. The molecule has 2 aromatic carbocycles. The zero-order valence-electron chi connectivity index (χ0n) is 13.3. The predicted molar refractivity (Wildman–Crippen MR) is 89.6 cm³/mol. The van der Waals surface area contributed by atoms with Gasteiger partial charge in [-0.25, -0.2) is 0 Å². The van der Waals surface area contributed by atoms with Crippen molar-refractivity contribution in [2.24, 2.45) is 0 Å². The van der Waals surface area contributed by atoms with Crippen LogP contribution in [0.1, 0.15) is 18.1 Å². The highest BCUT2D eigenvalue weighted by molar-refractivity contribution is 5.67. The monoisotopic (exact) mass is 284 g/mol. The number of hydrogen-bond donors (Lipinski definition) is 1. The molecule has 2 rings (SSSR count). The number of benzene rings is 2. The highest BCUT2D eigenvalue weighted by Crippen LogP contribution is 2.30. The second-order valence-electron chi connectivity index (χ2n) is 5.17. The summed E-state index contributed by atoms with van der Waals surface area (Å²) < 4.78 is 5.32. The van der Waals surface area contributed by atoms with Gasteiger partial charge in [-0.1, -0.05) is 30.7 Å². The Kier molecular flexibility index (Phi) is 5.23. The van der Waals surface area contributed by atoms with Gasteiger partial charge in [0.2, 0.25) is 0 Å². The maximum Gasteiger partial charge on any atom is 0.120 e. The number of nitrogens with zero attached hydrogens (tertiary/aromatic N) is 1. The summed E-state index contributed by atoms with van der Waals surface area (Å²) in [6.45, 7) is 6.10. The van der Waals surface area contributed by atoms with E-state index in [1.54, 1.807) is 7.11 Å². The van der Waals surface area contributed by atoms with Crippen LogP contribution in [0.15, 0.2) is 42.5 Å². The normalized spacial score (nSPS) is 10.5. The van der Waals surface area contributed by atoms with E-state index in [4.69, 9.17) is 4.74 Å². The lowest BCUT2D eigenvalue weighted by Crippen LogP contribution is -2.17. The summed E-state index contributed by atoms with van der Waals surface area (Å²) in [6.07, 6.45) is 0. The molecule has 2 aromatic rings. The summed E-state index contributed by atoms with van der Waals surface area (Å²) in [6, 6.07) is 14.7. The van der Waals surface area contributed by atoms with E-state index in [0.717, 1.165) is 24.5 Å². The molecule has 0 bridgehead atoms. The van der Waals surface area contributed by atoms with Crippen LogP contribution in [0, 0.1) is 6.92 Å². The third-order valence-electron chi connectivity index (χ3n) is 3.60. The Morgan fingerprint density at radius 2 is 1.95 bits per heavy atom. The lowest BCUT2D eigenvalue weighted by molar-refractivity contribution is 0.415. The van der Waals surface area contributed by atoms with Gasteiger partial charge in [0, 0.05) is 31.0 Å². The Bertz CT molecular complexity index is 596. The van der Waals surface area contributed by atoms with Crippen molar-refractivity contribution in [1.82, 2.24) is 5.32 Å². The predicted octanol–water partition coefficient (Wildman–Crippen LogP) is 3.88. The van der Waals surface area contributed by atoms with Gasteiger partial charge < -0.3 is 15.0 Å². The first-order valence-corrected chi connectivity index (χ1v) is 7.33. The van der Waals surface area contributed by atoms with E-state index in [2.05, 4.69) is 61.4 Å². The minimum Gasteiger partial charge on any atom is -0.497 e. The number of anilines is 2. The Balaban J connectivity index is 2.34. The van der Waals surface area contributed by atoms with Crippen LogP contribution in [-0.2, 0) is 6.54 Å². The van der Waals surface area contributed by atoms with Crippen LogP contribution in [-0.4, -0.2) is 20.7 Å². The lowest BCUT2D eigenvalue weighted by atomic mass is 10.1. The van der Waals surface area contributed by atoms with Crippen LogP contribution in [0.4, 0.5) is 11.4 Å². The number of nitrogens with one attached hydrogen (secondary N) is 1. The van der Waals surface area contributed by atoms with Crippen LogP contribution in [0.3, 0.4) is 0 Å². The maximum absolute atomic E-state index is 5.32. The third kappa shape index (κ3) is 3.76. The van der Waals surface area contributed by atoms with Crippen molar-refractivity contribution in [3.63, 3.8) is 0 Å². The first-order chi connectivity index (χ1) is 10.2. The zero-order chi connectivity index (χ0) is 15.2. The largest absolute Gasteiger partial charge is 0.497 e. The topological polar surface area (TPSA) is 24.5 Å². The molecule has 0 atom stereocenters. The molecule has 0 spiro atoms. The van der Waals surface area contributed by atoms with E-state index in [1.807, 2.05) is 12.1 Å². The summed E-state index contributed by atoms with van der Waals surface area (Å²) in [5.74, 6) is 0.875. The molecule has 0 aliphatic heterocycles. The van der Waals surface area contributed by atoms with Crippen LogP contribution in [0.5, 0.6) is 5.75 Å². The van der Waals surface area contributed by atoms with Crippen LogP contribution in [0.25, 0.3) is 0 Å². The fourth-order valence-electron chi connectivity index (χ4n) is 2.40. The van der Waals surface area contributed by atoms with Crippen molar-refractivity contribution in [3.05, 3.63) is 53.6 Å². The number of methoxy groups -OCH3 is 1. The van der Waals surface area contributed by atoms with E-state index in [-0.39, 0.29) is 0 Å². The molecule has 0 radical (unpaired) electrons. The Hall–Kier alpha value is -2.00. The smallest absolute Gasteiger partial charge is 0.120 e. The summed E-state index contributed by atoms with van der Waals surface area (Å²) in [7, 11) is 3.79. The Labute approximate surface area is 127 Å². The van der Waals surface area contributed by atoms with Gasteiger partial charge in [-0.3, -0.25) is 0 Å². The summed E-state index contributed by atoms with van der Waals surface area (Å²) >= 11 is 0. The van der Waals surface area contributed by atoms with Crippen LogP contribution >= 0.6 is 0 Å². The lowest BCUT2D eigenvalue weighted by Gasteiger charge is -2.23. The highest BCUT2D eigenvalue weighted by Gasteiger charge is 2.10. The summed E-state index contributed by atoms with van der Waals surface area (Å²) in [4.78, 5) is 2.20. The molecule has 0 fully saturated rings. The van der Waals surface area contributed by atoms with Gasteiger partial charge in [0.15, 0.2) is 0 Å². The molecular weight excluding hydrogens is 260 g/mol. The van der Waals surface area contributed by atoms with Crippen molar-refractivity contribution in [1.29, 1.82) is 0 Å².